The normalized spacial score (nSPS) is 19.7. The minimum atomic E-state index is -1.08. The number of hydrogen-bond donors (Lipinski definition) is 1. The molecule has 1 aromatic carbocycles. The van der Waals surface area contributed by atoms with Gasteiger partial charge in [-0.2, -0.15) is 0 Å². The fraction of sp³-hybridized carbons (Fsp3) is 0.467. The van der Waals surface area contributed by atoms with Gasteiger partial charge in [0, 0.05) is 6.54 Å². The maximum absolute atomic E-state index is 12.2. The summed E-state index contributed by atoms with van der Waals surface area (Å²) in [5.74, 6) is -1.65. The lowest BCUT2D eigenvalue weighted by atomic mass is 10.0. The Morgan fingerprint density at radius 1 is 1.45 bits per heavy atom. The zero-order valence-electron chi connectivity index (χ0n) is 11.7. The van der Waals surface area contributed by atoms with Crippen molar-refractivity contribution in [3.05, 3.63) is 29.8 Å². The van der Waals surface area contributed by atoms with Crippen LogP contribution in [0.4, 0.5) is 0 Å². The standard InChI is InChI=1S/C15H19NO4/c1-10(15(18)19)14(17)16-8-4-7-13(16)11-5-3-6-12(9-11)20-2/h3,5-6,9-10,13H,4,7-8H2,1-2H3,(H,18,19). The van der Waals surface area contributed by atoms with Crippen LogP contribution in [0.15, 0.2) is 24.3 Å². The Morgan fingerprint density at radius 3 is 2.85 bits per heavy atom. The Bertz CT molecular complexity index is 514. The second-order valence-electron chi connectivity index (χ2n) is 5.03. The average Bonchev–Trinajstić information content (AvgIpc) is 2.95. The number of carboxylic acids is 1. The predicted molar refractivity (Wildman–Crippen MR) is 73.5 cm³/mol. The Morgan fingerprint density at radius 2 is 2.20 bits per heavy atom. The summed E-state index contributed by atoms with van der Waals surface area (Å²) in [7, 11) is 1.60. The molecule has 1 fully saturated rings. The van der Waals surface area contributed by atoms with E-state index in [-0.39, 0.29) is 11.9 Å². The maximum atomic E-state index is 12.2. The summed E-state index contributed by atoms with van der Waals surface area (Å²) in [6, 6.07) is 7.53. The summed E-state index contributed by atoms with van der Waals surface area (Å²) < 4.78 is 5.20. The van der Waals surface area contributed by atoms with Crippen LogP contribution in [0.3, 0.4) is 0 Å². The van der Waals surface area contributed by atoms with Gasteiger partial charge in [-0.25, -0.2) is 0 Å². The highest BCUT2D eigenvalue weighted by Gasteiger charge is 2.34. The Balaban J connectivity index is 2.22. The first-order chi connectivity index (χ1) is 9.54. The van der Waals surface area contributed by atoms with Crippen molar-refractivity contribution in [1.82, 2.24) is 4.90 Å². The van der Waals surface area contributed by atoms with E-state index in [1.54, 1.807) is 12.0 Å². The molecule has 0 saturated carbocycles. The number of ether oxygens (including phenoxy) is 1. The zero-order valence-corrected chi connectivity index (χ0v) is 11.7. The lowest BCUT2D eigenvalue weighted by Gasteiger charge is -2.26. The molecular weight excluding hydrogens is 258 g/mol. The SMILES string of the molecule is COc1cccc(C2CCCN2C(=O)C(C)C(=O)O)c1. The molecule has 0 spiro atoms. The molecule has 1 saturated heterocycles. The van der Waals surface area contributed by atoms with Crippen LogP contribution < -0.4 is 4.74 Å². The van der Waals surface area contributed by atoms with Crippen molar-refractivity contribution in [2.75, 3.05) is 13.7 Å². The number of amides is 1. The monoisotopic (exact) mass is 277 g/mol. The van der Waals surface area contributed by atoms with Crippen LogP contribution in [0.1, 0.15) is 31.4 Å². The van der Waals surface area contributed by atoms with Crippen LogP contribution in [0, 0.1) is 5.92 Å². The number of benzene rings is 1. The molecule has 2 atom stereocenters. The van der Waals surface area contributed by atoms with E-state index in [1.807, 2.05) is 24.3 Å². The summed E-state index contributed by atoms with van der Waals surface area (Å²) in [6.07, 6.45) is 1.74. The molecule has 0 radical (unpaired) electrons. The molecule has 5 nitrogen and oxygen atoms in total. The number of carboxylic acid groups (broad SMARTS) is 1. The van der Waals surface area contributed by atoms with Gasteiger partial charge in [0.05, 0.1) is 13.2 Å². The Hall–Kier alpha value is -2.04. The van der Waals surface area contributed by atoms with Gasteiger partial charge >= 0.3 is 5.97 Å². The minimum absolute atomic E-state index is 0.0561. The van der Waals surface area contributed by atoms with E-state index in [9.17, 15) is 9.59 Å². The van der Waals surface area contributed by atoms with E-state index in [1.165, 1.54) is 6.92 Å². The van der Waals surface area contributed by atoms with Crippen LogP contribution >= 0.6 is 0 Å². The number of aliphatic carboxylic acids is 1. The van der Waals surface area contributed by atoms with Crippen molar-refractivity contribution in [3.8, 4) is 5.75 Å². The second kappa shape index (κ2) is 5.94. The van der Waals surface area contributed by atoms with Crippen molar-refractivity contribution >= 4 is 11.9 Å². The van der Waals surface area contributed by atoms with Gasteiger partial charge in [-0.1, -0.05) is 12.1 Å². The highest BCUT2D eigenvalue weighted by molar-refractivity contribution is 5.96. The average molecular weight is 277 g/mol. The molecular formula is C15H19NO4. The van der Waals surface area contributed by atoms with Gasteiger partial charge in [0.25, 0.3) is 0 Å². The molecule has 0 aromatic heterocycles. The molecule has 1 aromatic rings. The molecule has 108 valence electrons. The zero-order chi connectivity index (χ0) is 14.7. The first kappa shape index (κ1) is 14.4. The van der Waals surface area contributed by atoms with Crippen LogP contribution in [-0.2, 0) is 9.59 Å². The molecule has 2 unspecified atom stereocenters. The topological polar surface area (TPSA) is 66.8 Å². The third kappa shape index (κ3) is 2.76. The number of methoxy groups -OCH3 is 1. The van der Waals surface area contributed by atoms with Crippen LogP contribution in [0.25, 0.3) is 0 Å². The van der Waals surface area contributed by atoms with E-state index in [4.69, 9.17) is 9.84 Å². The van der Waals surface area contributed by atoms with Crippen molar-refractivity contribution in [1.29, 1.82) is 0 Å². The number of likely N-dealkylation sites (tertiary alicyclic amines) is 1. The van der Waals surface area contributed by atoms with E-state index in [2.05, 4.69) is 0 Å². The van der Waals surface area contributed by atoms with Gasteiger partial charge in [-0.15, -0.1) is 0 Å². The molecule has 1 heterocycles. The Kier molecular flexibility index (Phi) is 4.27. The summed E-state index contributed by atoms with van der Waals surface area (Å²) >= 11 is 0. The van der Waals surface area contributed by atoms with Gasteiger partial charge in [0.2, 0.25) is 5.91 Å². The van der Waals surface area contributed by atoms with Crippen molar-refractivity contribution in [2.45, 2.75) is 25.8 Å². The number of carbonyl (C=O) groups is 2. The fourth-order valence-electron chi connectivity index (χ4n) is 2.58. The maximum Gasteiger partial charge on any atom is 0.315 e. The van der Waals surface area contributed by atoms with E-state index in [0.29, 0.717) is 6.54 Å². The third-order valence-electron chi connectivity index (χ3n) is 3.76. The first-order valence-corrected chi connectivity index (χ1v) is 6.72. The lowest BCUT2D eigenvalue weighted by Crippen LogP contribution is -2.37. The highest BCUT2D eigenvalue weighted by Crippen LogP contribution is 2.34. The molecule has 1 aliphatic rings. The van der Waals surface area contributed by atoms with Crippen LogP contribution in [0.2, 0.25) is 0 Å². The second-order valence-corrected chi connectivity index (χ2v) is 5.03. The predicted octanol–water partition coefficient (Wildman–Crippen LogP) is 2.08. The van der Waals surface area contributed by atoms with Crippen LogP contribution in [0.5, 0.6) is 5.75 Å². The summed E-state index contributed by atoms with van der Waals surface area (Å²) in [5, 5.41) is 8.98. The molecule has 1 N–H and O–H groups in total. The summed E-state index contributed by atoms with van der Waals surface area (Å²) in [6.45, 7) is 2.05. The summed E-state index contributed by atoms with van der Waals surface area (Å²) in [4.78, 5) is 24.9. The van der Waals surface area contributed by atoms with Crippen LogP contribution in [-0.4, -0.2) is 35.5 Å². The highest BCUT2D eigenvalue weighted by atomic mass is 16.5. The van der Waals surface area contributed by atoms with Gasteiger partial charge in [0.15, 0.2) is 0 Å². The van der Waals surface area contributed by atoms with Crippen molar-refractivity contribution in [2.24, 2.45) is 5.92 Å². The molecule has 0 bridgehead atoms. The van der Waals surface area contributed by atoms with Crippen molar-refractivity contribution in [3.63, 3.8) is 0 Å². The van der Waals surface area contributed by atoms with E-state index < -0.39 is 11.9 Å². The lowest BCUT2D eigenvalue weighted by molar-refractivity contribution is -0.150. The smallest absolute Gasteiger partial charge is 0.315 e. The largest absolute Gasteiger partial charge is 0.497 e. The number of hydrogen-bond acceptors (Lipinski definition) is 3. The van der Waals surface area contributed by atoms with E-state index >= 15 is 0 Å². The molecule has 0 aliphatic carbocycles. The van der Waals surface area contributed by atoms with Gasteiger partial charge in [-0.3, -0.25) is 9.59 Å². The van der Waals surface area contributed by atoms with Gasteiger partial charge < -0.3 is 14.7 Å². The fourth-order valence-corrected chi connectivity index (χ4v) is 2.58. The van der Waals surface area contributed by atoms with E-state index in [0.717, 1.165) is 24.2 Å². The van der Waals surface area contributed by atoms with Crippen molar-refractivity contribution < 1.29 is 19.4 Å². The number of nitrogens with zero attached hydrogens (tertiary/aromatic N) is 1. The Labute approximate surface area is 118 Å². The third-order valence-corrected chi connectivity index (χ3v) is 3.76. The molecule has 2 rings (SSSR count). The molecule has 5 heteroatoms. The minimum Gasteiger partial charge on any atom is -0.497 e. The first-order valence-electron chi connectivity index (χ1n) is 6.72. The number of carbonyl (C=O) groups excluding carboxylic acids is 1. The quantitative estimate of drug-likeness (QED) is 0.856. The van der Waals surface area contributed by atoms with Gasteiger partial charge in [-0.05, 0) is 37.5 Å². The number of rotatable bonds is 4. The molecule has 1 amide bonds. The summed E-state index contributed by atoms with van der Waals surface area (Å²) in [5.41, 5.74) is 0.993. The van der Waals surface area contributed by atoms with Gasteiger partial charge in [0.1, 0.15) is 11.7 Å². The molecule has 1 aliphatic heterocycles. The molecule has 20 heavy (non-hydrogen) atoms.